The minimum atomic E-state index is -0.461. The molecule has 1 amide bonds. The molecule has 1 atom stereocenters. The van der Waals surface area contributed by atoms with Gasteiger partial charge in [0.2, 0.25) is 0 Å². The molecule has 0 aliphatic carbocycles. The van der Waals surface area contributed by atoms with Gasteiger partial charge in [-0.15, -0.1) is 0 Å². The van der Waals surface area contributed by atoms with E-state index in [0.29, 0.717) is 18.4 Å². The van der Waals surface area contributed by atoms with E-state index in [0.717, 1.165) is 19.6 Å². The second kappa shape index (κ2) is 8.91. The Balaban J connectivity index is 2.27. The largest absolute Gasteiger partial charge is 0.444 e. The van der Waals surface area contributed by atoms with E-state index in [4.69, 9.17) is 4.74 Å². The lowest BCUT2D eigenvalue weighted by Crippen LogP contribution is -2.40. The fourth-order valence-electron chi connectivity index (χ4n) is 2.14. The van der Waals surface area contributed by atoms with Crippen LogP contribution in [0.3, 0.4) is 0 Å². The number of alkyl carbamates (subject to hydrolysis) is 1. The van der Waals surface area contributed by atoms with Crippen LogP contribution in [0.15, 0.2) is 12.4 Å². The minimum Gasteiger partial charge on any atom is -0.444 e. The molecule has 0 saturated heterocycles. The van der Waals surface area contributed by atoms with Crippen LogP contribution in [-0.2, 0) is 11.3 Å². The first-order valence-electron chi connectivity index (χ1n) is 8.34. The number of amides is 1. The van der Waals surface area contributed by atoms with Crippen LogP contribution < -0.4 is 10.6 Å². The summed E-state index contributed by atoms with van der Waals surface area (Å²) >= 11 is 0. The Labute approximate surface area is 140 Å². The van der Waals surface area contributed by atoms with E-state index < -0.39 is 5.60 Å². The van der Waals surface area contributed by atoms with Gasteiger partial charge in [0.05, 0.1) is 12.7 Å². The number of hydrogen-bond donors (Lipinski definition) is 2. The van der Waals surface area contributed by atoms with Crippen molar-refractivity contribution in [2.24, 2.45) is 11.8 Å². The molecule has 6 heteroatoms. The molecule has 1 rings (SSSR count). The summed E-state index contributed by atoms with van der Waals surface area (Å²) in [6, 6.07) is 0. The highest BCUT2D eigenvalue weighted by Gasteiger charge is 2.18. The molecular weight excluding hydrogens is 292 g/mol. The van der Waals surface area contributed by atoms with Gasteiger partial charge in [-0.3, -0.25) is 4.68 Å². The van der Waals surface area contributed by atoms with Crippen molar-refractivity contribution in [3.63, 3.8) is 0 Å². The van der Waals surface area contributed by atoms with Crippen molar-refractivity contribution < 1.29 is 9.53 Å². The van der Waals surface area contributed by atoms with Crippen LogP contribution in [0, 0.1) is 18.8 Å². The average molecular weight is 324 g/mol. The molecule has 0 radical (unpaired) electrons. The molecule has 132 valence electrons. The molecule has 0 aromatic carbocycles. The van der Waals surface area contributed by atoms with Crippen molar-refractivity contribution in [1.82, 2.24) is 20.4 Å². The highest BCUT2D eigenvalue weighted by molar-refractivity contribution is 5.67. The first kappa shape index (κ1) is 19.5. The predicted octanol–water partition coefficient (Wildman–Crippen LogP) is 2.58. The molecule has 0 saturated carbocycles. The summed E-state index contributed by atoms with van der Waals surface area (Å²) in [4.78, 5) is 11.7. The van der Waals surface area contributed by atoms with Gasteiger partial charge >= 0.3 is 6.09 Å². The Bertz CT molecular complexity index is 477. The van der Waals surface area contributed by atoms with Gasteiger partial charge < -0.3 is 15.4 Å². The van der Waals surface area contributed by atoms with E-state index in [1.54, 1.807) is 0 Å². The zero-order chi connectivity index (χ0) is 17.5. The standard InChI is InChI=1S/C17H32N4O2/c1-13(2)15(11-19-16(22)23-17(4,5)6)10-18-7-8-21-12-14(3)9-20-21/h9,12-13,15,18H,7-8,10-11H2,1-6H3,(H,19,22). The molecule has 2 N–H and O–H groups in total. The molecule has 1 aromatic heterocycles. The van der Waals surface area contributed by atoms with Gasteiger partial charge in [0.15, 0.2) is 0 Å². The quantitative estimate of drug-likeness (QED) is 0.721. The van der Waals surface area contributed by atoms with Crippen LogP contribution in [0.5, 0.6) is 0 Å². The lowest BCUT2D eigenvalue weighted by Gasteiger charge is -2.24. The molecule has 6 nitrogen and oxygen atoms in total. The molecule has 0 fully saturated rings. The number of hydrogen-bond acceptors (Lipinski definition) is 4. The van der Waals surface area contributed by atoms with Gasteiger partial charge in [-0.1, -0.05) is 13.8 Å². The molecular formula is C17H32N4O2. The van der Waals surface area contributed by atoms with Gasteiger partial charge in [-0.2, -0.15) is 5.10 Å². The second-order valence-corrected chi connectivity index (χ2v) is 7.37. The number of carbonyl (C=O) groups is 1. The number of nitrogens with zero attached hydrogens (tertiary/aromatic N) is 2. The van der Waals surface area contributed by atoms with Crippen molar-refractivity contribution >= 4 is 6.09 Å². The Morgan fingerprint density at radius 2 is 2.04 bits per heavy atom. The lowest BCUT2D eigenvalue weighted by atomic mass is 9.96. The molecule has 1 unspecified atom stereocenters. The fourth-order valence-corrected chi connectivity index (χ4v) is 2.14. The summed E-state index contributed by atoms with van der Waals surface area (Å²) in [5.41, 5.74) is 0.712. The van der Waals surface area contributed by atoms with Crippen LogP contribution >= 0.6 is 0 Å². The smallest absolute Gasteiger partial charge is 0.407 e. The molecule has 0 bridgehead atoms. The Morgan fingerprint density at radius 1 is 1.35 bits per heavy atom. The predicted molar refractivity (Wildman–Crippen MR) is 92.4 cm³/mol. The van der Waals surface area contributed by atoms with Gasteiger partial charge in [0, 0.05) is 19.3 Å². The third-order valence-electron chi connectivity index (χ3n) is 3.54. The molecule has 0 spiro atoms. The number of aryl methyl sites for hydroxylation is 1. The normalized spacial score (nSPS) is 13.2. The van der Waals surface area contributed by atoms with Crippen molar-refractivity contribution in [2.45, 2.75) is 53.7 Å². The lowest BCUT2D eigenvalue weighted by molar-refractivity contribution is 0.0515. The van der Waals surface area contributed by atoms with E-state index in [-0.39, 0.29) is 6.09 Å². The van der Waals surface area contributed by atoms with Crippen molar-refractivity contribution in [1.29, 1.82) is 0 Å². The van der Waals surface area contributed by atoms with Gasteiger partial charge in [-0.05, 0) is 51.6 Å². The number of ether oxygens (including phenoxy) is 1. The number of rotatable bonds is 8. The van der Waals surface area contributed by atoms with E-state index >= 15 is 0 Å². The van der Waals surface area contributed by atoms with Gasteiger partial charge in [0.1, 0.15) is 5.60 Å². The van der Waals surface area contributed by atoms with Gasteiger partial charge in [0.25, 0.3) is 0 Å². The molecule has 0 aliphatic rings. The first-order chi connectivity index (χ1) is 10.7. The van der Waals surface area contributed by atoms with E-state index in [1.807, 2.05) is 44.8 Å². The van der Waals surface area contributed by atoms with E-state index in [2.05, 4.69) is 29.6 Å². The molecule has 1 heterocycles. The Kier molecular flexibility index (Phi) is 7.55. The highest BCUT2D eigenvalue weighted by Crippen LogP contribution is 2.10. The maximum Gasteiger partial charge on any atom is 0.407 e. The van der Waals surface area contributed by atoms with Crippen LogP contribution in [0.25, 0.3) is 0 Å². The SMILES string of the molecule is Cc1cnn(CCNCC(CNC(=O)OC(C)(C)C)C(C)C)c1. The summed E-state index contributed by atoms with van der Waals surface area (Å²) in [5.74, 6) is 0.839. The zero-order valence-corrected chi connectivity index (χ0v) is 15.3. The van der Waals surface area contributed by atoms with Crippen LogP contribution in [0.4, 0.5) is 4.79 Å². The minimum absolute atomic E-state index is 0.352. The summed E-state index contributed by atoms with van der Waals surface area (Å²) in [5, 5.41) is 10.6. The molecule has 23 heavy (non-hydrogen) atoms. The fraction of sp³-hybridized carbons (Fsp3) is 0.765. The third kappa shape index (κ3) is 8.59. The third-order valence-corrected chi connectivity index (χ3v) is 3.54. The van der Waals surface area contributed by atoms with Crippen LogP contribution in [-0.4, -0.2) is 41.1 Å². The average Bonchev–Trinajstić information content (AvgIpc) is 2.81. The van der Waals surface area contributed by atoms with E-state index in [1.165, 1.54) is 5.56 Å². The van der Waals surface area contributed by atoms with Crippen molar-refractivity contribution in [3.05, 3.63) is 18.0 Å². The zero-order valence-electron chi connectivity index (χ0n) is 15.3. The van der Waals surface area contributed by atoms with Crippen molar-refractivity contribution in [2.75, 3.05) is 19.6 Å². The molecule has 1 aromatic rings. The van der Waals surface area contributed by atoms with Crippen LogP contribution in [0.1, 0.15) is 40.2 Å². The van der Waals surface area contributed by atoms with Crippen molar-refractivity contribution in [3.8, 4) is 0 Å². The number of carbonyl (C=O) groups excluding carboxylic acids is 1. The second-order valence-electron chi connectivity index (χ2n) is 7.37. The monoisotopic (exact) mass is 324 g/mol. The summed E-state index contributed by atoms with van der Waals surface area (Å²) < 4.78 is 7.21. The summed E-state index contributed by atoms with van der Waals surface area (Å²) in [7, 11) is 0. The maximum absolute atomic E-state index is 11.7. The summed E-state index contributed by atoms with van der Waals surface area (Å²) in [6.07, 6.45) is 3.54. The van der Waals surface area contributed by atoms with Gasteiger partial charge in [-0.25, -0.2) is 4.79 Å². The highest BCUT2D eigenvalue weighted by atomic mass is 16.6. The first-order valence-corrected chi connectivity index (χ1v) is 8.34. The summed E-state index contributed by atoms with van der Waals surface area (Å²) in [6.45, 7) is 15.1. The maximum atomic E-state index is 11.7. The molecule has 0 aliphatic heterocycles. The number of aromatic nitrogens is 2. The Morgan fingerprint density at radius 3 is 2.57 bits per heavy atom. The number of nitrogens with one attached hydrogen (secondary N) is 2. The van der Waals surface area contributed by atoms with Crippen LogP contribution in [0.2, 0.25) is 0 Å². The van der Waals surface area contributed by atoms with E-state index in [9.17, 15) is 4.79 Å². The topological polar surface area (TPSA) is 68.2 Å². The Hall–Kier alpha value is -1.56.